The maximum absolute atomic E-state index is 13.6. The number of aryl methyl sites for hydroxylation is 3. The molecule has 0 saturated heterocycles. The van der Waals surface area contributed by atoms with Gasteiger partial charge < -0.3 is 10.1 Å². The number of hydrogen-bond donors (Lipinski definition) is 1. The van der Waals surface area contributed by atoms with Crippen molar-refractivity contribution >= 4 is 39.1 Å². The molecule has 0 aliphatic heterocycles. The van der Waals surface area contributed by atoms with Crippen molar-refractivity contribution in [2.75, 3.05) is 11.9 Å². The molecule has 1 aliphatic rings. The standard InChI is InChI=1S/C29H29N3O5S/c1-2-37-28(35)20-12-14-21(15-13-20)30-24(33)18-32-27-25(22-10-6-7-11-23(22)38-27)26(34)31(29(32)36)17-16-19-8-4-3-5-9-19/h3-5,8-9,12-15H,2,6-7,10-11,16-18H2,1H3,(H,30,33). The van der Waals surface area contributed by atoms with Gasteiger partial charge in [0.15, 0.2) is 0 Å². The molecule has 196 valence electrons. The van der Waals surface area contributed by atoms with Crippen molar-refractivity contribution in [1.29, 1.82) is 0 Å². The van der Waals surface area contributed by atoms with Crippen LogP contribution in [0.4, 0.5) is 5.69 Å². The molecule has 0 spiro atoms. The van der Waals surface area contributed by atoms with Gasteiger partial charge in [0, 0.05) is 17.1 Å². The fourth-order valence-electron chi connectivity index (χ4n) is 4.89. The Labute approximate surface area is 223 Å². The molecule has 9 heteroatoms. The molecule has 0 radical (unpaired) electrons. The van der Waals surface area contributed by atoms with Crippen molar-refractivity contribution in [2.45, 2.75) is 52.1 Å². The lowest BCUT2D eigenvalue weighted by molar-refractivity contribution is -0.116. The van der Waals surface area contributed by atoms with Crippen LogP contribution in [0.1, 0.15) is 46.1 Å². The van der Waals surface area contributed by atoms with E-state index in [1.165, 1.54) is 20.5 Å². The highest BCUT2D eigenvalue weighted by atomic mass is 32.1. The highest BCUT2D eigenvalue weighted by Gasteiger charge is 2.24. The highest BCUT2D eigenvalue weighted by Crippen LogP contribution is 2.34. The molecular weight excluding hydrogens is 502 g/mol. The molecule has 0 atom stereocenters. The van der Waals surface area contributed by atoms with Gasteiger partial charge in [-0.3, -0.25) is 18.7 Å². The van der Waals surface area contributed by atoms with Crippen molar-refractivity contribution in [1.82, 2.24) is 9.13 Å². The van der Waals surface area contributed by atoms with E-state index in [0.717, 1.165) is 41.7 Å². The third kappa shape index (κ3) is 5.19. The molecule has 0 saturated carbocycles. The van der Waals surface area contributed by atoms with Crippen LogP contribution in [0.5, 0.6) is 0 Å². The average molecular weight is 532 g/mol. The van der Waals surface area contributed by atoms with E-state index in [2.05, 4.69) is 5.32 Å². The van der Waals surface area contributed by atoms with E-state index >= 15 is 0 Å². The fraction of sp³-hybridized carbons (Fsp3) is 0.310. The van der Waals surface area contributed by atoms with Gasteiger partial charge in [-0.15, -0.1) is 11.3 Å². The minimum atomic E-state index is -0.482. The summed E-state index contributed by atoms with van der Waals surface area (Å²) in [6, 6.07) is 16.1. The first-order chi connectivity index (χ1) is 18.5. The molecule has 0 unspecified atom stereocenters. The number of carbonyl (C=O) groups excluding carboxylic acids is 2. The maximum Gasteiger partial charge on any atom is 0.338 e. The lowest BCUT2D eigenvalue weighted by Gasteiger charge is -2.14. The maximum atomic E-state index is 13.6. The lowest BCUT2D eigenvalue weighted by Crippen LogP contribution is -2.42. The first kappa shape index (κ1) is 25.7. The van der Waals surface area contributed by atoms with E-state index in [9.17, 15) is 19.2 Å². The monoisotopic (exact) mass is 531 g/mol. The molecule has 0 fully saturated rings. The fourth-order valence-corrected chi connectivity index (χ4v) is 6.26. The van der Waals surface area contributed by atoms with Crippen LogP contribution in [-0.2, 0) is 41.9 Å². The van der Waals surface area contributed by atoms with E-state index < -0.39 is 17.6 Å². The minimum absolute atomic E-state index is 0.222. The average Bonchev–Trinajstić information content (AvgIpc) is 3.32. The van der Waals surface area contributed by atoms with Gasteiger partial charge in [0.05, 0.1) is 17.6 Å². The molecule has 2 heterocycles. The number of ether oxygens (including phenoxy) is 1. The van der Waals surface area contributed by atoms with E-state index in [-0.39, 0.29) is 25.3 Å². The van der Waals surface area contributed by atoms with Crippen molar-refractivity contribution in [3.63, 3.8) is 0 Å². The summed E-state index contributed by atoms with van der Waals surface area (Å²) < 4.78 is 7.71. The van der Waals surface area contributed by atoms with E-state index in [1.807, 2.05) is 30.3 Å². The third-order valence-electron chi connectivity index (χ3n) is 6.77. The second-order valence-electron chi connectivity index (χ2n) is 9.30. The topological polar surface area (TPSA) is 99.4 Å². The first-order valence-corrected chi connectivity index (χ1v) is 13.7. The molecule has 2 aromatic heterocycles. The summed E-state index contributed by atoms with van der Waals surface area (Å²) in [7, 11) is 0. The van der Waals surface area contributed by atoms with Gasteiger partial charge in [-0.05, 0) is 74.4 Å². The van der Waals surface area contributed by atoms with Gasteiger partial charge in [-0.1, -0.05) is 30.3 Å². The number of rotatable bonds is 8. The van der Waals surface area contributed by atoms with Gasteiger partial charge in [0.1, 0.15) is 11.4 Å². The normalized spacial score (nSPS) is 12.8. The molecule has 38 heavy (non-hydrogen) atoms. The number of benzene rings is 2. The Balaban J connectivity index is 1.47. The van der Waals surface area contributed by atoms with Crippen molar-refractivity contribution < 1.29 is 14.3 Å². The van der Waals surface area contributed by atoms with Crippen molar-refractivity contribution in [2.24, 2.45) is 0 Å². The van der Waals surface area contributed by atoms with Crippen LogP contribution in [0.15, 0.2) is 64.2 Å². The van der Waals surface area contributed by atoms with Gasteiger partial charge in [-0.2, -0.15) is 0 Å². The van der Waals surface area contributed by atoms with Gasteiger partial charge in [0.25, 0.3) is 5.56 Å². The summed E-state index contributed by atoms with van der Waals surface area (Å²) in [6.07, 6.45) is 4.27. The summed E-state index contributed by atoms with van der Waals surface area (Å²) in [5.74, 6) is -0.823. The van der Waals surface area contributed by atoms with Crippen LogP contribution in [0.25, 0.3) is 10.2 Å². The predicted octanol–water partition coefficient (Wildman–Crippen LogP) is 4.16. The summed E-state index contributed by atoms with van der Waals surface area (Å²) in [5, 5.41) is 3.37. The Kier molecular flexibility index (Phi) is 7.55. The predicted molar refractivity (Wildman–Crippen MR) is 148 cm³/mol. The zero-order valence-corrected chi connectivity index (χ0v) is 22.0. The van der Waals surface area contributed by atoms with E-state index in [0.29, 0.717) is 27.9 Å². The van der Waals surface area contributed by atoms with Crippen LogP contribution in [0.3, 0.4) is 0 Å². The Bertz CT molecular complexity index is 1600. The second kappa shape index (κ2) is 11.2. The van der Waals surface area contributed by atoms with Crippen LogP contribution in [0.2, 0.25) is 0 Å². The van der Waals surface area contributed by atoms with Gasteiger partial charge in [0.2, 0.25) is 5.91 Å². The van der Waals surface area contributed by atoms with Crippen molar-refractivity contribution in [3.8, 4) is 0 Å². The first-order valence-electron chi connectivity index (χ1n) is 12.8. The SMILES string of the molecule is CCOC(=O)c1ccc(NC(=O)Cn2c(=O)n(CCc3ccccc3)c(=O)c3c4c(sc32)CCCC4)cc1. The number of amides is 1. The van der Waals surface area contributed by atoms with Crippen LogP contribution in [-0.4, -0.2) is 27.6 Å². The largest absolute Gasteiger partial charge is 0.462 e. The number of anilines is 1. The smallest absolute Gasteiger partial charge is 0.338 e. The van der Waals surface area contributed by atoms with E-state index in [1.54, 1.807) is 31.2 Å². The quantitative estimate of drug-likeness (QED) is 0.344. The summed E-state index contributed by atoms with van der Waals surface area (Å²) in [6.45, 7) is 2.03. The number of carbonyl (C=O) groups is 2. The van der Waals surface area contributed by atoms with Gasteiger partial charge >= 0.3 is 11.7 Å². The van der Waals surface area contributed by atoms with Crippen LogP contribution < -0.4 is 16.6 Å². The summed E-state index contributed by atoms with van der Waals surface area (Å²) >= 11 is 1.45. The number of esters is 1. The van der Waals surface area contributed by atoms with Crippen LogP contribution in [0, 0.1) is 0 Å². The number of nitrogens with one attached hydrogen (secondary N) is 1. The molecule has 1 aliphatic carbocycles. The summed E-state index contributed by atoms with van der Waals surface area (Å²) in [5.41, 5.74) is 2.18. The zero-order valence-electron chi connectivity index (χ0n) is 21.2. The Morgan fingerprint density at radius 1 is 0.974 bits per heavy atom. The summed E-state index contributed by atoms with van der Waals surface area (Å²) in [4.78, 5) is 53.9. The van der Waals surface area contributed by atoms with E-state index in [4.69, 9.17) is 4.74 Å². The van der Waals surface area contributed by atoms with Gasteiger partial charge in [-0.25, -0.2) is 9.59 Å². The molecule has 8 nitrogen and oxygen atoms in total. The number of fused-ring (bicyclic) bond motifs is 3. The molecule has 1 amide bonds. The minimum Gasteiger partial charge on any atom is -0.462 e. The Hall–Kier alpha value is -3.98. The number of hydrogen-bond acceptors (Lipinski definition) is 6. The lowest BCUT2D eigenvalue weighted by atomic mass is 9.97. The molecular formula is C29H29N3O5S. The Morgan fingerprint density at radius 3 is 2.45 bits per heavy atom. The number of nitrogens with zero attached hydrogens (tertiary/aromatic N) is 2. The number of aromatic nitrogens is 2. The zero-order chi connectivity index (χ0) is 26.6. The highest BCUT2D eigenvalue weighted by molar-refractivity contribution is 7.18. The second-order valence-corrected chi connectivity index (χ2v) is 10.4. The molecule has 1 N–H and O–H groups in total. The van der Waals surface area contributed by atoms with Crippen LogP contribution >= 0.6 is 11.3 Å². The molecule has 5 rings (SSSR count). The van der Waals surface area contributed by atoms with Crippen molar-refractivity contribution in [3.05, 3.63) is 97.0 Å². The number of thiophene rings is 1. The third-order valence-corrected chi connectivity index (χ3v) is 8.08. The Morgan fingerprint density at radius 2 is 1.71 bits per heavy atom. The molecule has 0 bridgehead atoms. The molecule has 4 aromatic rings. The molecule has 2 aromatic carbocycles.